The number of guanidine groups is 1. The quantitative estimate of drug-likeness (QED) is 0.0238. The number of primary amides is 2. The van der Waals surface area contributed by atoms with E-state index in [-0.39, 0.29) is 63.4 Å². The molecule has 0 spiro atoms. The summed E-state index contributed by atoms with van der Waals surface area (Å²) in [5, 5.41) is 31.4. The smallest absolute Gasteiger partial charge is 0.326 e. The normalized spacial score (nSPS) is 14.5. The molecular formula is C30H55N11O10. The highest BCUT2D eigenvalue weighted by atomic mass is 16.4. The molecule has 21 nitrogen and oxygen atoms in total. The first-order valence-electron chi connectivity index (χ1n) is 16.4. The fraction of sp³-hybridized carbons (Fsp3) is 0.700. The highest BCUT2D eigenvalue weighted by Gasteiger charge is 2.34. The molecule has 0 fully saturated rings. The summed E-state index contributed by atoms with van der Waals surface area (Å²) in [5.41, 5.74) is 26.6. The van der Waals surface area contributed by atoms with Gasteiger partial charge in [-0.1, -0.05) is 27.7 Å². The standard InChI is InChI=1S/C30H55N11O10/c1-14(2)12-19(26(47)40-20(13-42)27(48)38-18(29(50)51)6-5-11-36-30(34)35)39-28(49)23(15(3)4)41-25(46)17(8-10-22(33)44)37-24(45)16(31)7-9-21(32)43/h14-20,23,42H,5-13,31H2,1-4H3,(H2,32,43)(H2,33,44)(H,37,45)(H,38,48)(H,39,49)(H,40,47)(H,41,46)(H,50,51)(H4,34,35,36)/t16-,17-,18-,19-,20-,23-/m0/s1. The number of carboxylic acids is 1. The average Bonchev–Trinajstić information content (AvgIpc) is 3.02. The van der Waals surface area contributed by atoms with Crippen LogP contribution in [-0.2, 0) is 38.4 Å². The predicted molar refractivity (Wildman–Crippen MR) is 183 cm³/mol. The van der Waals surface area contributed by atoms with Crippen molar-refractivity contribution in [1.29, 1.82) is 0 Å². The van der Waals surface area contributed by atoms with Crippen LogP contribution in [0.15, 0.2) is 4.99 Å². The lowest BCUT2D eigenvalue weighted by atomic mass is 9.99. The maximum atomic E-state index is 13.5. The van der Waals surface area contributed by atoms with Gasteiger partial charge in [-0.15, -0.1) is 0 Å². The minimum Gasteiger partial charge on any atom is -0.480 e. The Balaban J connectivity index is 5.88. The topological polar surface area (TPSA) is 380 Å². The molecule has 0 heterocycles. The number of nitrogens with zero attached hydrogens (tertiary/aromatic N) is 1. The number of hydrogen-bond donors (Lipinski definition) is 12. The van der Waals surface area contributed by atoms with Crippen LogP contribution in [0.4, 0.5) is 0 Å². The molecule has 0 unspecified atom stereocenters. The number of rotatable bonds is 25. The third-order valence-corrected chi connectivity index (χ3v) is 7.31. The average molecular weight is 730 g/mol. The van der Waals surface area contributed by atoms with E-state index in [0.717, 1.165) is 0 Å². The Bertz CT molecular complexity index is 1260. The molecule has 0 aromatic rings. The van der Waals surface area contributed by atoms with Crippen LogP contribution in [0.3, 0.4) is 0 Å². The number of amides is 7. The number of carbonyl (C=O) groups excluding carboxylic acids is 7. The van der Waals surface area contributed by atoms with Crippen molar-refractivity contribution in [1.82, 2.24) is 26.6 Å². The van der Waals surface area contributed by atoms with Crippen LogP contribution >= 0.6 is 0 Å². The molecular weight excluding hydrogens is 674 g/mol. The second-order valence-corrected chi connectivity index (χ2v) is 12.7. The van der Waals surface area contributed by atoms with Gasteiger partial charge in [0.15, 0.2) is 5.96 Å². The zero-order valence-corrected chi connectivity index (χ0v) is 29.5. The second-order valence-electron chi connectivity index (χ2n) is 12.7. The molecule has 21 heteroatoms. The van der Waals surface area contributed by atoms with Gasteiger partial charge in [0.2, 0.25) is 41.4 Å². The summed E-state index contributed by atoms with van der Waals surface area (Å²) in [6.45, 7) is 5.90. The Morgan fingerprint density at radius 3 is 1.61 bits per heavy atom. The largest absolute Gasteiger partial charge is 0.480 e. The van der Waals surface area contributed by atoms with Crippen molar-refractivity contribution in [3.05, 3.63) is 0 Å². The molecule has 0 radical (unpaired) electrons. The fourth-order valence-corrected chi connectivity index (χ4v) is 4.52. The van der Waals surface area contributed by atoms with Crippen LogP contribution in [0.2, 0.25) is 0 Å². The lowest BCUT2D eigenvalue weighted by Crippen LogP contribution is -2.60. The number of aliphatic imine (C=N–C) groups is 1. The van der Waals surface area contributed by atoms with Crippen molar-refractivity contribution in [2.75, 3.05) is 13.2 Å². The number of nitrogens with two attached hydrogens (primary N) is 5. The van der Waals surface area contributed by atoms with Crippen LogP contribution in [0.25, 0.3) is 0 Å². The van der Waals surface area contributed by atoms with Crippen LogP contribution in [0, 0.1) is 11.8 Å². The zero-order valence-electron chi connectivity index (χ0n) is 29.5. The lowest BCUT2D eigenvalue weighted by Gasteiger charge is -2.29. The number of hydrogen-bond acceptors (Lipinski definition) is 11. The van der Waals surface area contributed by atoms with Gasteiger partial charge in [-0.3, -0.25) is 38.6 Å². The predicted octanol–water partition coefficient (Wildman–Crippen LogP) is -4.90. The summed E-state index contributed by atoms with van der Waals surface area (Å²) in [6, 6.07) is -8.10. The summed E-state index contributed by atoms with van der Waals surface area (Å²) in [7, 11) is 0. The minimum atomic E-state index is -1.59. The Labute approximate surface area is 296 Å². The third kappa shape index (κ3) is 19.1. The number of nitrogens with one attached hydrogen (secondary N) is 5. The van der Waals surface area contributed by atoms with Gasteiger partial charge >= 0.3 is 5.97 Å². The summed E-state index contributed by atoms with van der Waals surface area (Å²) in [5.74, 6) is -8.14. The molecule has 290 valence electrons. The molecule has 0 aliphatic rings. The summed E-state index contributed by atoms with van der Waals surface area (Å²) < 4.78 is 0. The molecule has 0 rings (SSSR count). The van der Waals surface area contributed by atoms with Crippen LogP contribution < -0.4 is 55.3 Å². The molecule has 6 atom stereocenters. The van der Waals surface area contributed by atoms with E-state index in [1.54, 1.807) is 27.7 Å². The van der Waals surface area contributed by atoms with Gasteiger partial charge in [0.1, 0.15) is 30.2 Å². The highest BCUT2D eigenvalue weighted by molar-refractivity contribution is 5.96. The molecule has 0 saturated heterocycles. The number of carboxylic acid groups (broad SMARTS) is 1. The van der Waals surface area contributed by atoms with E-state index in [4.69, 9.17) is 28.7 Å². The molecule has 0 bridgehead atoms. The van der Waals surface area contributed by atoms with Gasteiger partial charge in [-0.2, -0.15) is 0 Å². The van der Waals surface area contributed by atoms with Gasteiger partial charge < -0.3 is 65.5 Å². The van der Waals surface area contributed by atoms with Gasteiger partial charge in [-0.05, 0) is 43.9 Å². The fourth-order valence-electron chi connectivity index (χ4n) is 4.52. The van der Waals surface area contributed by atoms with E-state index in [0.29, 0.717) is 0 Å². The second kappa shape index (κ2) is 23.4. The van der Waals surface area contributed by atoms with Crippen molar-refractivity contribution in [2.24, 2.45) is 45.5 Å². The van der Waals surface area contributed by atoms with E-state index >= 15 is 0 Å². The Morgan fingerprint density at radius 1 is 0.627 bits per heavy atom. The SMILES string of the molecule is CC(C)C[C@H](NC(=O)[C@@H](NC(=O)[C@H](CCC(N)=O)NC(=O)[C@@H](N)CCC(N)=O)C(C)C)C(=O)N[C@@H](CO)C(=O)N[C@@H](CCCN=C(N)N)C(=O)O. The third-order valence-electron chi connectivity index (χ3n) is 7.31. The minimum absolute atomic E-state index is 0.0547. The van der Waals surface area contributed by atoms with Gasteiger partial charge in [0.25, 0.3) is 0 Å². The first kappa shape index (κ1) is 45.9. The van der Waals surface area contributed by atoms with Gasteiger partial charge in [-0.25, -0.2) is 4.79 Å². The van der Waals surface area contributed by atoms with Crippen molar-refractivity contribution in [3.8, 4) is 0 Å². The van der Waals surface area contributed by atoms with Gasteiger partial charge in [0, 0.05) is 19.4 Å². The Kier molecular flexibility index (Phi) is 21.1. The summed E-state index contributed by atoms with van der Waals surface area (Å²) >= 11 is 0. The molecule has 0 aliphatic heterocycles. The lowest BCUT2D eigenvalue weighted by molar-refractivity contribution is -0.143. The van der Waals surface area contributed by atoms with Crippen molar-refractivity contribution in [2.45, 2.75) is 109 Å². The molecule has 17 N–H and O–H groups in total. The number of aliphatic hydroxyl groups excluding tert-OH is 1. The molecule has 0 aliphatic carbocycles. The molecule has 51 heavy (non-hydrogen) atoms. The maximum absolute atomic E-state index is 13.5. The summed E-state index contributed by atoms with van der Waals surface area (Å²) in [6.07, 6.45) is -0.668. The van der Waals surface area contributed by atoms with Crippen LogP contribution in [-0.4, -0.2) is 113 Å². The van der Waals surface area contributed by atoms with E-state index in [1.165, 1.54) is 0 Å². The van der Waals surface area contributed by atoms with E-state index in [9.17, 15) is 48.6 Å². The number of aliphatic carboxylic acids is 1. The van der Waals surface area contributed by atoms with E-state index in [1.807, 2.05) is 0 Å². The molecule has 7 amide bonds. The van der Waals surface area contributed by atoms with Crippen LogP contribution in [0.1, 0.15) is 72.6 Å². The molecule has 0 aromatic carbocycles. The van der Waals surface area contributed by atoms with E-state index in [2.05, 4.69) is 31.6 Å². The van der Waals surface area contributed by atoms with Crippen molar-refractivity contribution >= 4 is 53.3 Å². The van der Waals surface area contributed by atoms with Crippen molar-refractivity contribution in [3.63, 3.8) is 0 Å². The number of aliphatic hydroxyl groups is 1. The first-order chi connectivity index (χ1) is 23.7. The highest BCUT2D eigenvalue weighted by Crippen LogP contribution is 2.10. The van der Waals surface area contributed by atoms with Crippen molar-refractivity contribution < 1.29 is 48.6 Å². The first-order valence-corrected chi connectivity index (χ1v) is 16.4. The Hall–Kier alpha value is -5.05. The summed E-state index contributed by atoms with van der Waals surface area (Å²) in [4.78, 5) is 104. The molecule has 0 saturated carbocycles. The van der Waals surface area contributed by atoms with Gasteiger partial charge in [0.05, 0.1) is 12.6 Å². The number of carbonyl (C=O) groups is 8. The zero-order chi connectivity index (χ0) is 39.4. The maximum Gasteiger partial charge on any atom is 0.326 e. The molecule has 0 aromatic heterocycles. The monoisotopic (exact) mass is 729 g/mol. The van der Waals surface area contributed by atoms with E-state index < -0.39 is 96.1 Å². The Morgan fingerprint density at radius 2 is 1.12 bits per heavy atom. The van der Waals surface area contributed by atoms with Crippen LogP contribution in [0.5, 0.6) is 0 Å².